The third kappa shape index (κ3) is 4.24. The Morgan fingerprint density at radius 2 is 1.76 bits per heavy atom. The van der Waals surface area contributed by atoms with Gasteiger partial charge in [-0.3, -0.25) is 4.79 Å². The summed E-state index contributed by atoms with van der Waals surface area (Å²) in [6.45, 7) is 2.32. The van der Waals surface area contributed by atoms with Crippen LogP contribution in [0.5, 0.6) is 0 Å². The molecule has 1 amide bonds. The molecule has 0 aromatic rings. The number of carbonyl (C=O) groups excluding carboxylic acids is 1. The number of carboxylic acid groups (broad SMARTS) is 1. The van der Waals surface area contributed by atoms with Gasteiger partial charge in [0.2, 0.25) is 11.4 Å². The molecular formula is C10H16F3NO3. The number of amides is 1. The lowest BCUT2D eigenvalue weighted by atomic mass is 10.0. The molecule has 0 aromatic heterocycles. The lowest BCUT2D eigenvalue weighted by Crippen LogP contribution is -2.61. The van der Waals surface area contributed by atoms with E-state index in [1.165, 1.54) is 5.32 Å². The van der Waals surface area contributed by atoms with Crippen LogP contribution in [0.2, 0.25) is 0 Å². The summed E-state index contributed by atoms with van der Waals surface area (Å²) in [5, 5.41) is 10.1. The molecule has 1 unspecified atom stereocenters. The van der Waals surface area contributed by atoms with Gasteiger partial charge in [-0.2, -0.15) is 13.2 Å². The van der Waals surface area contributed by atoms with Crippen molar-refractivity contribution in [1.29, 1.82) is 0 Å². The van der Waals surface area contributed by atoms with E-state index in [2.05, 4.69) is 0 Å². The first-order valence-electron chi connectivity index (χ1n) is 5.26. The van der Waals surface area contributed by atoms with E-state index in [1.807, 2.05) is 6.92 Å². The SMILES string of the molecule is CCCCCC(=O)NC(C)(C(=O)O)C(F)(F)F. The molecule has 0 heterocycles. The highest BCUT2D eigenvalue weighted by molar-refractivity contribution is 5.87. The van der Waals surface area contributed by atoms with Crippen LogP contribution in [0.4, 0.5) is 13.2 Å². The number of halogens is 3. The van der Waals surface area contributed by atoms with E-state index < -0.39 is 23.6 Å². The van der Waals surface area contributed by atoms with Gasteiger partial charge < -0.3 is 10.4 Å². The number of carbonyl (C=O) groups is 2. The Kier molecular flexibility index (Phi) is 5.44. The molecule has 0 aliphatic heterocycles. The zero-order valence-corrected chi connectivity index (χ0v) is 9.73. The maximum absolute atomic E-state index is 12.5. The Bertz CT molecular complexity index is 291. The van der Waals surface area contributed by atoms with Crippen LogP contribution < -0.4 is 5.32 Å². The molecular weight excluding hydrogens is 239 g/mol. The van der Waals surface area contributed by atoms with Crippen molar-refractivity contribution in [3.63, 3.8) is 0 Å². The van der Waals surface area contributed by atoms with Crippen LogP contribution in [0.15, 0.2) is 0 Å². The van der Waals surface area contributed by atoms with Gasteiger partial charge in [0, 0.05) is 6.42 Å². The first kappa shape index (κ1) is 15.7. The van der Waals surface area contributed by atoms with Crippen molar-refractivity contribution in [2.45, 2.75) is 51.2 Å². The average molecular weight is 255 g/mol. The monoisotopic (exact) mass is 255 g/mol. The molecule has 0 bridgehead atoms. The normalized spacial score (nSPS) is 15.1. The minimum Gasteiger partial charge on any atom is -0.479 e. The van der Waals surface area contributed by atoms with Gasteiger partial charge >= 0.3 is 12.1 Å². The predicted octanol–water partition coefficient (Wildman–Crippen LogP) is 2.09. The van der Waals surface area contributed by atoms with Crippen molar-refractivity contribution in [2.75, 3.05) is 0 Å². The van der Waals surface area contributed by atoms with E-state index in [0.29, 0.717) is 19.8 Å². The van der Waals surface area contributed by atoms with Crippen LogP contribution >= 0.6 is 0 Å². The highest BCUT2D eigenvalue weighted by Crippen LogP contribution is 2.30. The molecule has 4 nitrogen and oxygen atoms in total. The van der Waals surface area contributed by atoms with Gasteiger partial charge in [-0.25, -0.2) is 4.79 Å². The highest BCUT2D eigenvalue weighted by atomic mass is 19.4. The van der Waals surface area contributed by atoms with Gasteiger partial charge in [-0.05, 0) is 13.3 Å². The second-order valence-electron chi connectivity index (χ2n) is 3.93. The first-order chi connectivity index (χ1) is 7.65. The zero-order chi connectivity index (χ0) is 13.7. The van der Waals surface area contributed by atoms with Gasteiger partial charge in [0.15, 0.2) is 0 Å². The lowest BCUT2D eigenvalue weighted by Gasteiger charge is -2.28. The van der Waals surface area contributed by atoms with Gasteiger partial charge in [0.25, 0.3) is 0 Å². The fraction of sp³-hybridized carbons (Fsp3) is 0.800. The molecule has 0 aliphatic carbocycles. The fourth-order valence-corrected chi connectivity index (χ4v) is 1.12. The molecule has 2 N–H and O–H groups in total. The molecule has 0 saturated heterocycles. The van der Waals surface area contributed by atoms with E-state index in [0.717, 1.165) is 6.42 Å². The Morgan fingerprint density at radius 3 is 2.12 bits per heavy atom. The van der Waals surface area contributed by atoms with Gasteiger partial charge in [0.05, 0.1) is 0 Å². The maximum Gasteiger partial charge on any atom is 0.422 e. The van der Waals surface area contributed by atoms with Crippen molar-refractivity contribution in [3.8, 4) is 0 Å². The lowest BCUT2D eigenvalue weighted by molar-refractivity contribution is -0.207. The molecule has 1 atom stereocenters. The molecule has 0 aromatic carbocycles. The van der Waals surface area contributed by atoms with Crippen molar-refractivity contribution in [2.24, 2.45) is 0 Å². The van der Waals surface area contributed by atoms with Crippen molar-refractivity contribution in [3.05, 3.63) is 0 Å². The van der Waals surface area contributed by atoms with Crippen LogP contribution in [0, 0.1) is 0 Å². The Labute approximate surface area is 97.2 Å². The number of rotatable bonds is 6. The van der Waals surface area contributed by atoms with Crippen LogP contribution in [0.3, 0.4) is 0 Å². The number of alkyl halides is 3. The molecule has 0 rings (SSSR count). The Hall–Kier alpha value is -1.27. The summed E-state index contributed by atoms with van der Waals surface area (Å²) in [6.07, 6.45) is -3.16. The quantitative estimate of drug-likeness (QED) is 0.714. The van der Waals surface area contributed by atoms with Crippen molar-refractivity contribution >= 4 is 11.9 Å². The number of carboxylic acids is 1. The third-order valence-corrected chi connectivity index (χ3v) is 2.39. The average Bonchev–Trinajstić information content (AvgIpc) is 2.15. The predicted molar refractivity (Wildman–Crippen MR) is 54.4 cm³/mol. The molecule has 0 aliphatic rings. The zero-order valence-electron chi connectivity index (χ0n) is 9.73. The van der Waals surface area contributed by atoms with Gasteiger partial charge in [-0.1, -0.05) is 19.8 Å². The molecule has 0 fully saturated rings. The minimum atomic E-state index is -5.03. The number of hydrogen-bond donors (Lipinski definition) is 2. The second kappa shape index (κ2) is 5.88. The summed E-state index contributed by atoms with van der Waals surface area (Å²) >= 11 is 0. The molecule has 17 heavy (non-hydrogen) atoms. The summed E-state index contributed by atoms with van der Waals surface area (Å²) in [7, 11) is 0. The number of hydrogen-bond acceptors (Lipinski definition) is 2. The summed E-state index contributed by atoms with van der Waals surface area (Å²) in [5.41, 5.74) is -3.23. The minimum absolute atomic E-state index is 0.104. The largest absolute Gasteiger partial charge is 0.479 e. The highest BCUT2D eigenvalue weighted by Gasteiger charge is 2.58. The third-order valence-electron chi connectivity index (χ3n) is 2.39. The van der Waals surface area contributed by atoms with E-state index >= 15 is 0 Å². The van der Waals surface area contributed by atoms with E-state index in [4.69, 9.17) is 5.11 Å². The maximum atomic E-state index is 12.5. The standard InChI is InChI=1S/C10H16F3NO3/c1-3-4-5-6-7(15)14-9(2,8(16)17)10(11,12)13/h3-6H2,1-2H3,(H,14,15)(H,16,17). The molecule has 0 saturated carbocycles. The summed E-state index contributed by atoms with van der Waals surface area (Å²) in [5.74, 6) is -3.02. The molecule has 7 heteroatoms. The van der Waals surface area contributed by atoms with Crippen LogP contribution in [-0.4, -0.2) is 28.7 Å². The van der Waals surface area contributed by atoms with Crippen molar-refractivity contribution < 1.29 is 27.9 Å². The van der Waals surface area contributed by atoms with E-state index in [1.54, 1.807) is 0 Å². The number of unbranched alkanes of at least 4 members (excludes halogenated alkanes) is 2. The number of nitrogens with one attached hydrogen (secondary N) is 1. The van der Waals surface area contributed by atoms with Gasteiger partial charge in [-0.15, -0.1) is 0 Å². The molecule has 100 valence electrons. The van der Waals surface area contributed by atoms with Crippen LogP contribution in [-0.2, 0) is 9.59 Å². The van der Waals surface area contributed by atoms with E-state index in [9.17, 15) is 22.8 Å². The summed E-state index contributed by atoms with van der Waals surface area (Å²) in [4.78, 5) is 21.8. The van der Waals surface area contributed by atoms with Crippen LogP contribution in [0.25, 0.3) is 0 Å². The molecule has 0 radical (unpaired) electrons. The fourth-order valence-electron chi connectivity index (χ4n) is 1.12. The first-order valence-corrected chi connectivity index (χ1v) is 5.26. The second-order valence-corrected chi connectivity index (χ2v) is 3.93. The molecule has 0 spiro atoms. The smallest absolute Gasteiger partial charge is 0.422 e. The number of aliphatic carboxylic acids is 1. The van der Waals surface area contributed by atoms with Crippen molar-refractivity contribution in [1.82, 2.24) is 5.32 Å². The Balaban J connectivity index is 4.58. The summed E-state index contributed by atoms with van der Waals surface area (Å²) in [6, 6.07) is 0. The van der Waals surface area contributed by atoms with Crippen LogP contribution in [0.1, 0.15) is 39.5 Å². The topological polar surface area (TPSA) is 66.4 Å². The Morgan fingerprint density at radius 1 is 1.24 bits per heavy atom. The summed E-state index contributed by atoms with van der Waals surface area (Å²) < 4.78 is 37.5. The van der Waals surface area contributed by atoms with Gasteiger partial charge in [0.1, 0.15) is 0 Å². The van der Waals surface area contributed by atoms with E-state index in [-0.39, 0.29) is 6.42 Å².